The van der Waals surface area contributed by atoms with Gasteiger partial charge in [-0.15, -0.1) is 24.0 Å². The molecule has 1 aromatic heterocycles. The first-order chi connectivity index (χ1) is 13.7. The number of pyridine rings is 1. The molecule has 0 unspecified atom stereocenters. The second kappa shape index (κ2) is 12.5. The van der Waals surface area contributed by atoms with Crippen molar-refractivity contribution in [3.8, 4) is 0 Å². The van der Waals surface area contributed by atoms with E-state index in [-0.39, 0.29) is 24.0 Å². The highest BCUT2D eigenvalue weighted by atomic mass is 127. The maximum absolute atomic E-state index is 5.77. The summed E-state index contributed by atoms with van der Waals surface area (Å²) in [5, 5.41) is 3.39. The summed E-state index contributed by atoms with van der Waals surface area (Å²) in [4.78, 5) is 16.3. The summed E-state index contributed by atoms with van der Waals surface area (Å²) >= 11 is 0. The summed E-state index contributed by atoms with van der Waals surface area (Å²) in [6.07, 6.45) is 4.57. The number of ether oxygens (including phenoxy) is 1. The van der Waals surface area contributed by atoms with Crippen LogP contribution in [0.15, 0.2) is 23.3 Å². The van der Waals surface area contributed by atoms with E-state index in [1.165, 1.54) is 18.4 Å². The first kappa shape index (κ1) is 24.1. The zero-order valence-electron chi connectivity index (χ0n) is 18.1. The second-order valence-electron chi connectivity index (χ2n) is 7.92. The molecule has 0 radical (unpaired) electrons. The predicted octanol–water partition coefficient (Wildman–Crippen LogP) is 2.28. The minimum atomic E-state index is 0. The predicted molar refractivity (Wildman–Crippen MR) is 130 cm³/mol. The number of piperazine rings is 1. The Bertz CT molecular complexity index is 631. The number of hydrogen-bond acceptors (Lipinski definition) is 5. The quantitative estimate of drug-likeness (QED) is 0.235. The van der Waals surface area contributed by atoms with Crippen LogP contribution in [0.3, 0.4) is 0 Å². The number of halogens is 1. The molecule has 0 amide bonds. The summed E-state index contributed by atoms with van der Waals surface area (Å²) in [7, 11) is 4.25. The topological polar surface area (TPSA) is 56.2 Å². The molecule has 8 heteroatoms. The standard InChI is InChI=1S/C21H36N6O.HI/c1-4-22-21(26(3)13-14-28-17-18-5-6-18)24-16-19-7-8-23-20(15-19)27-11-9-25(2)10-12-27;/h7-8,15,18H,4-6,9-14,16-17H2,1-3H3,(H,22,24);1H. The van der Waals surface area contributed by atoms with Crippen LogP contribution < -0.4 is 10.2 Å². The Morgan fingerprint density at radius 3 is 2.76 bits per heavy atom. The van der Waals surface area contributed by atoms with Gasteiger partial charge in [0.25, 0.3) is 0 Å². The number of aliphatic imine (C=N–C) groups is 1. The van der Waals surface area contributed by atoms with Crippen LogP contribution in [-0.4, -0.2) is 87.3 Å². The molecular formula is C21H37IN6O. The van der Waals surface area contributed by atoms with Crippen LogP contribution in [0.5, 0.6) is 0 Å². The molecular weight excluding hydrogens is 479 g/mol. The SMILES string of the molecule is CCNC(=NCc1ccnc(N2CCN(C)CC2)c1)N(C)CCOCC1CC1.I. The fraction of sp³-hybridized carbons (Fsp3) is 0.714. The van der Waals surface area contributed by atoms with Gasteiger partial charge in [0, 0.05) is 59.1 Å². The molecule has 1 saturated carbocycles. The van der Waals surface area contributed by atoms with Gasteiger partial charge in [-0.25, -0.2) is 9.98 Å². The van der Waals surface area contributed by atoms with Crippen molar-refractivity contribution in [2.45, 2.75) is 26.3 Å². The Balaban J connectivity index is 0.00000300. The van der Waals surface area contributed by atoms with Gasteiger partial charge in [-0.1, -0.05) is 0 Å². The van der Waals surface area contributed by atoms with Crippen molar-refractivity contribution in [3.63, 3.8) is 0 Å². The molecule has 0 aromatic carbocycles. The molecule has 0 atom stereocenters. The molecule has 3 rings (SSSR count). The Kier molecular flexibility index (Phi) is 10.4. The molecule has 0 spiro atoms. The molecule has 1 aliphatic carbocycles. The van der Waals surface area contributed by atoms with Gasteiger partial charge >= 0.3 is 0 Å². The molecule has 29 heavy (non-hydrogen) atoms. The molecule has 7 nitrogen and oxygen atoms in total. The minimum absolute atomic E-state index is 0. The monoisotopic (exact) mass is 516 g/mol. The maximum atomic E-state index is 5.77. The highest BCUT2D eigenvalue weighted by Crippen LogP contribution is 2.28. The minimum Gasteiger partial charge on any atom is -0.379 e. The van der Waals surface area contributed by atoms with Crippen molar-refractivity contribution in [3.05, 3.63) is 23.9 Å². The van der Waals surface area contributed by atoms with Crippen LogP contribution >= 0.6 is 24.0 Å². The van der Waals surface area contributed by atoms with Gasteiger partial charge in [-0.05, 0) is 50.4 Å². The highest BCUT2D eigenvalue weighted by Gasteiger charge is 2.21. The zero-order chi connectivity index (χ0) is 19.8. The lowest BCUT2D eigenvalue weighted by atomic mass is 10.2. The smallest absolute Gasteiger partial charge is 0.194 e. The van der Waals surface area contributed by atoms with Gasteiger partial charge < -0.3 is 24.8 Å². The first-order valence-electron chi connectivity index (χ1n) is 10.6. The lowest BCUT2D eigenvalue weighted by Gasteiger charge is -2.33. The molecule has 1 N–H and O–H groups in total. The van der Waals surface area contributed by atoms with Crippen molar-refractivity contribution in [1.29, 1.82) is 0 Å². The van der Waals surface area contributed by atoms with E-state index in [0.29, 0.717) is 6.54 Å². The fourth-order valence-electron chi connectivity index (χ4n) is 3.25. The van der Waals surface area contributed by atoms with Gasteiger partial charge in [0.2, 0.25) is 0 Å². The van der Waals surface area contributed by atoms with E-state index in [1.54, 1.807) is 0 Å². The first-order valence-corrected chi connectivity index (χ1v) is 10.6. The molecule has 2 fully saturated rings. The average Bonchev–Trinajstić information content (AvgIpc) is 3.53. The summed E-state index contributed by atoms with van der Waals surface area (Å²) < 4.78 is 5.77. The normalized spacial score (nSPS) is 17.8. The van der Waals surface area contributed by atoms with Crippen molar-refractivity contribution in [2.75, 3.05) is 71.5 Å². The van der Waals surface area contributed by atoms with Crippen molar-refractivity contribution in [2.24, 2.45) is 10.9 Å². The van der Waals surface area contributed by atoms with E-state index < -0.39 is 0 Å². The van der Waals surface area contributed by atoms with E-state index in [2.05, 4.69) is 58.2 Å². The molecule has 0 bridgehead atoms. The summed E-state index contributed by atoms with van der Waals surface area (Å²) in [6.45, 7) is 10.4. The molecule has 164 valence electrons. The van der Waals surface area contributed by atoms with Gasteiger partial charge in [-0.2, -0.15) is 0 Å². The summed E-state index contributed by atoms with van der Waals surface area (Å²) in [5.41, 5.74) is 1.19. The highest BCUT2D eigenvalue weighted by molar-refractivity contribution is 14.0. The summed E-state index contributed by atoms with van der Waals surface area (Å²) in [5.74, 6) is 2.80. The zero-order valence-corrected chi connectivity index (χ0v) is 20.5. The Morgan fingerprint density at radius 1 is 1.31 bits per heavy atom. The van der Waals surface area contributed by atoms with Crippen LogP contribution in [0.1, 0.15) is 25.3 Å². The molecule has 1 aliphatic heterocycles. The Labute approximate surface area is 192 Å². The van der Waals surface area contributed by atoms with Crippen molar-refractivity contribution in [1.82, 2.24) is 20.1 Å². The van der Waals surface area contributed by atoms with Crippen LogP contribution in [0.25, 0.3) is 0 Å². The van der Waals surface area contributed by atoms with Crippen molar-refractivity contribution < 1.29 is 4.74 Å². The third-order valence-corrected chi connectivity index (χ3v) is 5.37. The number of aromatic nitrogens is 1. The van der Waals surface area contributed by atoms with Gasteiger partial charge in [0.15, 0.2) is 5.96 Å². The molecule has 2 heterocycles. The second-order valence-corrected chi connectivity index (χ2v) is 7.92. The lowest BCUT2D eigenvalue weighted by molar-refractivity contribution is 0.115. The number of anilines is 1. The van der Waals surface area contributed by atoms with Gasteiger partial charge in [0.1, 0.15) is 5.82 Å². The molecule has 1 saturated heterocycles. The lowest BCUT2D eigenvalue weighted by Crippen LogP contribution is -2.44. The van der Waals surface area contributed by atoms with Crippen LogP contribution in [-0.2, 0) is 11.3 Å². The van der Waals surface area contributed by atoms with Crippen LogP contribution in [0, 0.1) is 5.92 Å². The van der Waals surface area contributed by atoms with Crippen molar-refractivity contribution >= 4 is 35.8 Å². The van der Waals surface area contributed by atoms with E-state index in [4.69, 9.17) is 9.73 Å². The molecule has 1 aromatic rings. The van der Waals surface area contributed by atoms with E-state index >= 15 is 0 Å². The van der Waals surface area contributed by atoms with Crippen LogP contribution in [0.2, 0.25) is 0 Å². The molecule has 2 aliphatic rings. The maximum Gasteiger partial charge on any atom is 0.194 e. The summed E-state index contributed by atoms with van der Waals surface area (Å²) in [6, 6.07) is 4.24. The number of likely N-dealkylation sites (N-methyl/N-ethyl adjacent to an activating group) is 2. The Morgan fingerprint density at radius 2 is 2.07 bits per heavy atom. The fourth-order valence-corrected chi connectivity index (χ4v) is 3.25. The van der Waals surface area contributed by atoms with Gasteiger partial charge in [-0.3, -0.25) is 0 Å². The largest absolute Gasteiger partial charge is 0.379 e. The van der Waals surface area contributed by atoms with Gasteiger partial charge in [0.05, 0.1) is 13.2 Å². The third-order valence-electron chi connectivity index (χ3n) is 5.37. The van der Waals surface area contributed by atoms with E-state index in [1.807, 2.05) is 6.20 Å². The van der Waals surface area contributed by atoms with Crippen LogP contribution in [0.4, 0.5) is 5.82 Å². The number of nitrogens with zero attached hydrogens (tertiary/aromatic N) is 5. The Hall–Kier alpha value is -1.13. The number of hydrogen-bond donors (Lipinski definition) is 1. The number of nitrogens with one attached hydrogen (secondary N) is 1. The average molecular weight is 516 g/mol. The number of guanidine groups is 1. The number of rotatable bonds is 9. The van der Waals surface area contributed by atoms with E-state index in [0.717, 1.165) is 70.2 Å². The van der Waals surface area contributed by atoms with E-state index in [9.17, 15) is 0 Å². The third kappa shape index (κ3) is 8.25.